The van der Waals surface area contributed by atoms with Crippen LogP contribution in [0.2, 0.25) is 5.02 Å². The van der Waals surface area contributed by atoms with Gasteiger partial charge in [0.1, 0.15) is 0 Å². The lowest BCUT2D eigenvalue weighted by molar-refractivity contribution is -0.135. The molecule has 1 unspecified atom stereocenters. The smallest absolute Gasteiger partial charge is 0.389 e. The highest BCUT2D eigenvalue weighted by Gasteiger charge is 2.27. The van der Waals surface area contributed by atoms with E-state index in [9.17, 15) is 13.2 Å². The molecule has 1 aromatic carbocycles. The van der Waals surface area contributed by atoms with Crippen molar-refractivity contribution in [2.45, 2.75) is 31.5 Å². The molecule has 4 nitrogen and oxygen atoms in total. The first-order valence-electron chi connectivity index (χ1n) is 6.26. The van der Waals surface area contributed by atoms with Crippen molar-refractivity contribution in [1.82, 2.24) is 5.43 Å². The van der Waals surface area contributed by atoms with E-state index >= 15 is 0 Å². The molecule has 1 atom stereocenters. The van der Waals surface area contributed by atoms with Crippen LogP contribution in [0.3, 0.4) is 0 Å². The first-order chi connectivity index (χ1) is 9.82. The van der Waals surface area contributed by atoms with Crippen LogP contribution in [0, 0.1) is 0 Å². The van der Waals surface area contributed by atoms with Gasteiger partial charge < -0.3 is 9.47 Å². The van der Waals surface area contributed by atoms with E-state index in [-0.39, 0.29) is 12.8 Å². The van der Waals surface area contributed by atoms with E-state index in [0.717, 1.165) is 0 Å². The predicted octanol–water partition coefficient (Wildman–Crippen LogP) is 3.59. The number of nitrogens with two attached hydrogens (primary N) is 1. The van der Waals surface area contributed by atoms with Gasteiger partial charge in [0.15, 0.2) is 11.5 Å². The molecular weight excluding hydrogens is 309 g/mol. The van der Waals surface area contributed by atoms with E-state index in [0.29, 0.717) is 22.1 Å². The van der Waals surface area contributed by atoms with E-state index in [1.54, 1.807) is 12.1 Å². The maximum atomic E-state index is 12.2. The minimum atomic E-state index is -4.17. The number of halogens is 4. The number of hydrogen-bond donors (Lipinski definition) is 2. The summed E-state index contributed by atoms with van der Waals surface area (Å²) in [5.74, 6) is 6.19. The number of rotatable bonds is 7. The Morgan fingerprint density at radius 2 is 1.95 bits per heavy atom. The SMILES string of the molecule is COc1cc(C(CCCC(F)(F)F)NN)cc(Cl)c1OC. The molecule has 3 N–H and O–H groups in total. The Morgan fingerprint density at radius 1 is 1.29 bits per heavy atom. The lowest BCUT2D eigenvalue weighted by Gasteiger charge is -2.19. The van der Waals surface area contributed by atoms with Crippen LogP contribution in [0.15, 0.2) is 12.1 Å². The largest absolute Gasteiger partial charge is 0.493 e. The summed E-state index contributed by atoms with van der Waals surface area (Å²) in [7, 11) is 2.90. The van der Waals surface area contributed by atoms with Gasteiger partial charge in [0.25, 0.3) is 0 Å². The fraction of sp³-hybridized carbons (Fsp3) is 0.538. The summed E-state index contributed by atoms with van der Waals surface area (Å²) in [4.78, 5) is 0. The summed E-state index contributed by atoms with van der Waals surface area (Å²) in [6.07, 6.45) is -4.84. The molecule has 0 saturated heterocycles. The third-order valence-corrected chi connectivity index (χ3v) is 3.29. The quantitative estimate of drug-likeness (QED) is 0.594. The van der Waals surface area contributed by atoms with Gasteiger partial charge in [0.2, 0.25) is 0 Å². The van der Waals surface area contributed by atoms with Gasteiger partial charge in [-0.25, -0.2) is 0 Å². The number of ether oxygens (including phenoxy) is 2. The van der Waals surface area contributed by atoms with Gasteiger partial charge in [0, 0.05) is 12.5 Å². The van der Waals surface area contributed by atoms with Gasteiger partial charge >= 0.3 is 6.18 Å². The van der Waals surface area contributed by atoms with Crippen molar-refractivity contribution in [2.75, 3.05) is 14.2 Å². The standard InChI is InChI=1S/C13H18ClF3N2O2/c1-20-11-7-8(6-9(14)12(11)21-2)10(19-18)4-3-5-13(15,16)17/h6-7,10,19H,3-5,18H2,1-2H3. The fourth-order valence-electron chi connectivity index (χ4n) is 1.99. The zero-order chi connectivity index (χ0) is 16.0. The highest BCUT2D eigenvalue weighted by molar-refractivity contribution is 6.32. The van der Waals surface area contributed by atoms with Crippen molar-refractivity contribution in [2.24, 2.45) is 5.84 Å². The van der Waals surface area contributed by atoms with Gasteiger partial charge in [0.05, 0.1) is 19.2 Å². The van der Waals surface area contributed by atoms with Crippen molar-refractivity contribution in [1.29, 1.82) is 0 Å². The first-order valence-corrected chi connectivity index (χ1v) is 6.64. The zero-order valence-corrected chi connectivity index (χ0v) is 12.5. The van der Waals surface area contributed by atoms with Crippen LogP contribution in [0.25, 0.3) is 0 Å². The summed E-state index contributed by atoms with van der Waals surface area (Å²) in [5, 5.41) is 0.308. The third-order valence-electron chi connectivity index (χ3n) is 3.01. The molecule has 1 aromatic rings. The topological polar surface area (TPSA) is 56.5 Å². The zero-order valence-electron chi connectivity index (χ0n) is 11.8. The normalized spacial score (nSPS) is 13.1. The van der Waals surface area contributed by atoms with Crippen LogP contribution in [-0.4, -0.2) is 20.4 Å². The molecule has 0 amide bonds. The highest BCUT2D eigenvalue weighted by Crippen LogP contribution is 2.38. The highest BCUT2D eigenvalue weighted by atomic mass is 35.5. The molecule has 21 heavy (non-hydrogen) atoms. The number of hydrazine groups is 1. The molecule has 0 aliphatic heterocycles. The second-order valence-electron chi connectivity index (χ2n) is 4.46. The average Bonchev–Trinajstić information content (AvgIpc) is 2.41. The van der Waals surface area contributed by atoms with Crippen LogP contribution < -0.4 is 20.7 Å². The second kappa shape index (κ2) is 7.72. The molecule has 0 heterocycles. The second-order valence-corrected chi connectivity index (χ2v) is 4.87. The summed E-state index contributed by atoms with van der Waals surface area (Å²) in [6.45, 7) is 0. The van der Waals surface area contributed by atoms with Crippen LogP contribution in [0.5, 0.6) is 11.5 Å². The number of hydrogen-bond acceptors (Lipinski definition) is 4. The molecule has 0 spiro atoms. The van der Waals surface area contributed by atoms with Crippen molar-refractivity contribution in [3.63, 3.8) is 0 Å². The Hall–Kier alpha value is -1.18. The van der Waals surface area contributed by atoms with Gasteiger partial charge in [-0.1, -0.05) is 11.6 Å². The Bertz CT molecular complexity index is 469. The monoisotopic (exact) mass is 326 g/mol. The predicted molar refractivity (Wildman–Crippen MR) is 74.5 cm³/mol. The third kappa shape index (κ3) is 5.26. The summed E-state index contributed by atoms with van der Waals surface area (Å²) in [5.41, 5.74) is 3.14. The molecule has 0 fully saturated rings. The molecule has 0 aromatic heterocycles. The van der Waals surface area contributed by atoms with E-state index < -0.39 is 18.6 Å². The molecule has 0 bridgehead atoms. The molecule has 8 heteroatoms. The molecule has 120 valence electrons. The Morgan fingerprint density at radius 3 is 2.43 bits per heavy atom. The number of benzene rings is 1. The van der Waals surface area contributed by atoms with Crippen molar-refractivity contribution >= 4 is 11.6 Å². The minimum absolute atomic E-state index is 0.0374. The fourth-order valence-corrected chi connectivity index (χ4v) is 2.29. The van der Waals surface area contributed by atoms with Crippen molar-refractivity contribution < 1.29 is 22.6 Å². The van der Waals surface area contributed by atoms with Crippen LogP contribution in [-0.2, 0) is 0 Å². The minimum Gasteiger partial charge on any atom is -0.493 e. The van der Waals surface area contributed by atoms with E-state index in [4.69, 9.17) is 26.9 Å². The van der Waals surface area contributed by atoms with Gasteiger partial charge in [-0.2, -0.15) is 13.2 Å². The van der Waals surface area contributed by atoms with Crippen molar-refractivity contribution in [3.8, 4) is 11.5 Å². The Labute approximate surface area is 126 Å². The number of methoxy groups -OCH3 is 2. The lowest BCUT2D eigenvalue weighted by Crippen LogP contribution is -2.28. The van der Waals surface area contributed by atoms with E-state index in [1.165, 1.54) is 14.2 Å². The molecule has 0 radical (unpaired) electrons. The summed E-state index contributed by atoms with van der Waals surface area (Å²) in [6, 6.07) is 2.79. The molecule has 1 rings (SSSR count). The molecular formula is C13H18ClF3N2O2. The average molecular weight is 327 g/mol. The van der Waals surface area contributed by atoms with E-state index in [1.807, 2.05) is 0 Å². The number of alkyl halides is 3. The van der Waals surface area contributed by atoms with Crippen LogP contribution >= 0.6 is 11.6 Å². The summed E-state index contributed by atoms with van der Waals surface area (Å²) >= 11 is 6.07. The van der Waals surface area contributed by atoms with Crippen LogP contribution in [0.4, 0.5) is 13.2 Å². The maximum absolute atomic E-state index is 12.2. The molecule has 0 aliphatic carbocycles. The Kier molecular flexibility index (Phi) is 6.57. The van der Waals surface area contributed by atoms with Gasteiger partial charge in [-0.3, -0.25) is 11.3 Å². The number of nitrogens with one attached hydrogen (secondary N) is 1. The van der Waals surface area contributed by atoms with Crippen LogP contribution in [0.1, 0.15) is 30.9 Å². The first kappa shape index (κ1) is 17.9. The molecule has 0 aliphatic rings. The Balaban J connectivity index is 2.88. The maximum Gasteiger partial charge on any atom is 0.389 e. The molecule has 0 saturated carbocycles. The van der Waals surface area contributed by atoms with E-state index in [2.05, 4.69) is 5.43 Å². The lowest BCUT2D eigenvalue weighted by atomic mass is 10.0. The van der Waals surface area contributed by atoms with Crippen molar-refractivity contribution in [3.05, 3.63) is 22.7 Å². The van der Waals surface area contributed by atoms with Gasteiger partial charge in [-0.15, -0.1) is 0 Å². The summed E-state index contributed by atoms with van der Waals surface area (Å²) < 4.78 is 46.8. The van der Waals surface area contributed by atoms with Gasteiger partial charge in [-0.05, 0) is 30.5 Å².